The molecule has 5 N–H and O–H groups in total. The van der Waals surface area contributed by atoms with Crippen molar-refractivity contribution in [3.8, 4) is 0 Å². The highest BCUT2D eigenvalue weighted by molar-refractivity contribution is 5.36. The zero-order chi connectivity index (χ0) is 32.2. The van der Waals surface area contributed by atoms with Crippen LogP contribution in [0.1, 0.15) is 132 Å². The second-order valence-corrected chi connectivity index (χ2v) is 20.7. The molecule has 9 rings (SSSR count). The van der Waals surface area contributed by atoms with Crippen molar-refractivity contribution < 1.29 is 20.4 Å². The van der Waals surface area contributed by atoms with Gasteiger partial charge < -0.3 is 25.7 Å². The molecule has 11 atom stereocenters. The number of hydrogen-bond donors (Lipinski definition) is 5. The zero-order valence-corrected chi connectivity index (χ0v) is 29.5. The fourth-order valence-corrected chi connectivity index (χ4v) is 15.6. The van der Waals surface area contributed by atoms with Crippen molar-refractivity contribution >= 4 is 0 Å². The van der Waals surface area contributed by atoms with Gasteiger partial charge in [0.05, 0.1) is 24.4 Å². The first-order chi connectivity index (χ1) is 20.9. The topological polar surface area (TPSA) is 93.0 Å². The molecule has 0 aliphatic heterocycles. The van der Waals surface area contributed by atoms with Crippen LogP contribution >= 0.6 is 0 Å². The van der Waals surface area contributed by atoms with Gasteiger partial charge in [0.1, 0.15) is 0 Å². The molecule has 0 radical (unpaired) electrons. The Bertz CT molecular complexity index is 1220. The van der Waals surface area contributed by atoms with Crippen LogP contribution in [0.5, 0.6) is 0 Å². The van der Waals surface area contributed by atoms with Crippen LogP contribution in [0.2, 0.25) is 0 Å². The van der Waals surface area contributed by atoms with Gasteiger partial charge in [0.15, 0.2) is 0 Å². The quantitative estimate of drug-likeness (QED) is 0.228. The normalized spacial score (nSPS) is 59.0. The number of fused-ring (bicyclic) bond motifs is 7. The van der Waals surface area contributed by atoms with Crippen LogP contribution in [0.15, 0.2) is 11.6 Å². The highest BCUT2D eigenvalue weighted by Gasteiger charge is 2.72. The average molecular weight is 624 g/mol. The predicted octanol–water partition coefficient (Wildman–Crippen LogP) is 6.62. The minimum atomic E-state index is -0.965. The van der Waals surface area contributed by atoms with Crippen LogP contribution in [0.3, 0.4) is 0 Å². The summed E-state index contributed by atoms with van der Waals surface area (Å²) < 4.78 is 0. The monoisotopic (exact) mass is 623 g/mol. The van der Waals surface area contributed by atoms with Crippen LogP contribution in [0, 0.1) is 68.0 Å². The molecule has 5 nitrogen and oxygen atoms in total. The fourth-order valence-electron chi connectivity index (χ4n) is 15.6. The van der Waals surface area contributed by atoms with Gasteiger partial charge in [-0.1, -0.05) is 60.1 Å². The maximum absolute atomic E-state index is 12.7. The maximum atomic E-state index is 12.7. The van der Waals surface area contributed by atoms with Gasteiger partial charge in [-0.3, -0.25) is 0 Å². The van der Waals surface area contributed by atoms with E-state index in [0.717, 1.165) is 56.3 Å². The highest BCUT2D eigenvalue weighted by Crippen LogP contribution is 2.75. The van der Waals surface area contributed by atoms with Gasteiger partial charge >= 0.3 is 0 Å². The van der Waals surface area contributed by atoms with Crippen molar-refractivity contribution in [1.29, 1.82) is 0 Å². The van der Waals surface area contributed by atoms with E-state index in [1.807, 2.05) is 0 Å². The number of allylic oxidation sites excluding steroid dienone is 2. The smallest absolute Gasteiger partial charge is 0.0903 e. The third-order valence-corrected chi connectivity index (χ3v) is 17.9. The van der Waals surface area contributed by atoms with E-state index in [2.05, 4.69) is 59.9 Å². The van der Waals surface area contributed by atoms with Crippen LogP contribution in [0.25, 0.3) is 0 Å². The maximum Gasteiger partial charge on any atom is 0.0903 e. The summed E-state index contributed by atoms with van der Waals surface area (Å²) in [6.07, 6.45) is 14.5. The Morgan fingerprint density at radius 1 is 0.711 bits per heavy atom. The Balaban J connectivity index is 1.18. The molecule has 0 aromatic rings. The van der Waals surface area contributed by atoms with Crippen molar-refractivity contribution in [2.24, 2.45) is 68.0 Å². The summed E-state index contributed by atoms with van der Waals surface area (Å²) in [7, 11) is 0. The zero-order valence-electron chi connectivity index (χ0n) is 29.5. The largest absolute Gasteiger partial charge is 0.393 e. The lowest BCUT2D eigenvalue weighted by Crippen LogP contribution is -2.73. The van der Waals surface area contributed by atoms with Crippen LogP contribution in [0.4, 0.5) is 0 Å². The van der Waals surface area contributed by atoms with E-state index >= 15 is 0 Å². The van der Waals surface area contributed by atoms with Crippen molar-refractivity contribution in [3.05, 3.63) is 11.6 Å². The second kappa shape index (κ2) is 9.61. The number of rotatable bonds is 3. The summed E-state index contributed by atoms with van der Waals surface area (Å²) in [4.78, 5) is 0. The molecule has 9 aliphatic rings. The minimum Gasteiger partial charge on any atom is -0.393 e. The molecule has 0 aromatic carbocycles. The first kappa shape index (κ1) is 31.8. The Morgan fingerprint density at radius 2 is 1.33 bits per heavy atom. The lowest BCUT2D eigenvalue weighted by Gasteiger charge is -2.72. The lowest BCUT2D eigenvalue weighted by molar-refractivity contribution is -0.249. The molecule has 0 heterocycles. The average Bonchev–Trinajstić information content (AvgIpc) is 2.93. The van der Waals surface area contributed by atoms with Gasteiger partial charge in [-0.2, -0.15) is 0 Å². The molecule has 8 saturated carbocycles. The molecule has 4 bridgehead atoms. The molecule has 254 valence electrons. The van der Waals surface area contributed by atoms with Crippen LogP contribution < -0.4 is 5.32 Å². The summed E-state index contributed by atoms with van der Waals surface area (Å²) in [5.74, 6) is 3.52. The third kappa shape index (κ3) is 3.97. The van der Waals surface area contributed by atoms with E-state index in [1.165, 1.54) is 44.1 Å². The number of aliphatic hydroxyl groups excluding tert-OH is 4. The molecule has 8 fully saturated rings. The predicted molar refractivity (Wildman–Crippen MR) is 178 cm³/mol. The molecule has 9 aliphatic carbocycles. The number of nitrogens with one attached hydrogen (secondary N) is 1. The molecule has 5 heteroatoms. The molecular weight excluding hydrogens is 558 g/mol. The molecule has 0 saturated heterocycles. The fraction of sp³-hybridized carbons (Fsp3) is 0.950. The third-order valence-electron chi connectivity index (χ3n) is 17.9. The van der Waals surface area contributed by atoms with E-state index < -0.39 is 29.1 Å². The Labute approximate surface area is 273 Å². The van der Waals surface area contributed by atoms with Gasteiger partial charge in [0, 0.05) is 17.5 Å². The number of aliphatic hydroxyl groups is 4. The van der Waals surface area contributed by atoms with Gasteiger partial charge in [-0.05, 0) is 146 Å². The van der Waals surface area contributed by atoms with E-state index in [1.54, 1.807) is 0 Å². The van der Waals surface area contributed by atoms with E-state index in [4.69, 9.17) is 0 Å². The lowest BCUT2D eigenvalue weighted by atomic mass is 9.33. The Kier molecular flexibility index (Phi) is 6.79. The van der Waals surface area contributed by atoms with Crippen molar-refractivity contribution in [2.45, 2.75) is 162 Å². The molecule has 4 unspecified atom stereocenters. The van der Waals surface area contributed by atoms with Crippen LogP contribution in [-0.2, 0) is 0 Å². The molecular formula is C40H65NO4. The highest BCUT2D eigenvalue weighted by atomic mass is 16.3. The Hall–Kier alpha value is -0.460. The SMILES string of the molecule is CC1(C)C[C@H]2C3=CCC4[C@@]5(C)CC[C@H](O)C(C)(C)C5CC[C@@]4(C)[C@]3(C)C[C@H](O)[C@@]2(CNC23CC4CC(CC(C4)C2)C3)C(O)C1O. The molecule has 0 aromatic heterocycles. The first-order valence-electron chi connectivity index (χ1n) is 19.1. The summed E-state index contributed by atoms with van der Waals surface area (Å²) in [6.45, 7) is 17.0. The molecule has 45 heavy (non-hydrogen) atoms. The number of hydrogen-bond acceptors (Lipinski definition) is 5. The van der Waals surface area contributed by atoms with Gasteiger partial charge in [-0.25, -0.2) is 0 Å². The van der Waals surface area contributed by atoms with E-state index in [0.29, 0.717) is 24.8 Å². The van der Waals surface area contributed by atoms with E-state index in [-0.39, 0.29) is 39.2 Å². The Morgan fingerprint density at radius 3 is 1.96 bits per heavy atom. The van der Waals surface area contributed by atoms with Gasteiger partial charge in [0.2, 0.25) is 0 Å². The minimum absolute atomic E-state index is 0.0341. The standard InChI is InChI=1S/C40H65NO4/c1-34(2)20-27-26-8-9-29-36(5)12-11-30(42)35(3,4)28(36)10-13-37(29,6)38(26,7)21-31(43)40(27,33(45)32(34)44)22-41-39-17-23-14-24(18-39)16-25(15-23)19-39/h8,23-25,27-33,41-45H,9-22H2,1-7H3/t23?,24?,25?,27-,28?,29?,30-,31-,32?,33?,36-,37+,38+,39?,40-/m0/s1. The van der Waals surface area contributed by atoms with E-state index in [9.17, 15) is 20.4 Å². The van der Waals surface area contributed by atoms with Crippen LogP contribution in [-0.4, -0.2) is 56.9 Å². The van der Waals surface area contributed by atoms with Gasteiger partial charge in [-0.15, -0.1) is 0 Å². The first-order valence-corrected chi connectivity index (χ1v) is 19.1. The summed E-state index contributed by atoms with van der Waals surface area (Å²) in [5, 5.41) is 51.9. The summed E-state index contributed by atoms with van der Waals surface area (Å²) >= 11 is 0. The second-order valence-electron chi connectivity index (χ2n) is 20.7. The molecule has 0 amide bonds. The van der Waals surface area contributed by atoms with Crippen molar-refractivity contribution in [1.82, 2.24) is 5.32 Å². The van der Waals surface area contributed by atoms with Crippen molar-refractivity contribution in [3.63, 3.8) is 0 Å². The summed E-state index contributed by atoms with van der Waals surface area (Å²) in [5.41, 5.74) is 0.329. The molecule has 0 spiro atoms. The summed E-state index contributed by atoms with van der Waals surface area (Å²) in [6, 6.07) is 0. The van der Waals surface area contributed by atoms with Gasteiger partial charge in [0.25, 0.3) is 0 Å². The van der Waals surface area contributed by atoms with Crippen molar-refractivity contribution in [2.75, 3.05) is 6.54 Å².